The summed E-state index contributed by atoms with van der Waals surface area (Å²) in [6.45, 7) is 11.4. The quantitative estimate of drug-likeness (QED) is 0.684. The van der Waals surface area contributed by atoms with E-state index in [2.05, 4.69) is 20.8 Å². The molecule has 1 fully saturated rings. The molecule has 94 valence electrons. The molecule has 0 radical (unpaired) electrons. The highest BCUT2D eigenvalue weighted by molar-refractivity contribution is 5.71. The van der Waals surface area contributed by atoms with Crippen molar-refractivity contribution in [3.63, 3.8) is 0 Å². The summed E-state index contributed by atoms with van der Waals surface area (Å²) in [7, 11) is 0. The highest BCUT2D eigenvalue weighted by Gasteiger charge is 2.39. The van der Waals surface area contributed by atoms with Gasteiger partial charge in [0, 0.05) is 0 Å². The zero-order chi connectivity index (χ0) is 12.3. The summed E-state index contributed by atoms with van der Waals surface area (Å²) in [6, 6.07) is 0. The van der Waals surface area contributed by atoms with Crippen molar-refractivity contribution in [1.82, 2.24) is 0 Å². The van der Waals surface area contributed by atoms with Gasteiger partial charge in [0.15, 0.2) is 0 Å². The van der Waals surface area contributed by atoms with Gasteiger partial charge in [0.2, 0.25) is 0 Å². The van der Waals surface area contributed by atoms with E-state index in [1.807, 2.05) is 13.8 Å². The van der Waals surface area contributed by atoms with Crippen LogP contribution in [0, 0.1) is 23.2 Å². The maximum Gasteiger partial charge on any atom is 0.308 e. The molecule has 2 unspecified atom stereocenters. The Labute approximate surface area is 99.8 Å². The Bertz CT molecular complexity index is 243. The summed E-state index contributed by atoms with van der Waals surface area (Å²) in [5.74, 6) is 1.43. The molecular formula is C14H26O2. The summed E-state index contributed by atoms with van der Waals surface area (Å²) in [5.41, 5.74) is 0.407. The van der Waals surface area contributed by atoms with Gasteiger partial charge in [0.05, 0.1) is 12.5 Å². The lowest BCUT2D eigenvalue weighted by Crippen LogP contribution is -2.25. The third-order valence-electron chi connectivity index (χ3n) is 4.45. The minimum Gasteiger partial charge on any atom is -0.465 e. The first-order chi connectivity index (χ1) is 7.35. The van der Waals surface area contributed by atoms with E-state index in [1.54, 1.807) is 0 Å². The maximum atomic E-state index is 11.3. The van der Waals surface area contributed by atoms with Crippen LogP contribution >= 0.6 is 0 Å². The first-order valence-electron chi connectivity index (χ1n) is 6.52. The molecule has 0 bridgehead atoms. The zero-order valence-corrected chi connectivity index (χ0v) is 11.4. The predicted octanol–water partition coefficient (Wildman–Crippen LogP) is 3.65. The number of hydrogen-bond acceptors (Lipinski definition) is 2. The number of carbonyl (C=O) groups is 1. The highest BCUT2D eigenvalue weighted by Crippen LogP contribution is 2.48. The molecular weight excluding hydrogens is 200 g/mol. The molecule has 0 N–H and O–H groups in total. The summed E-state index contributed by atoms with van der Waals surface area (Å²) in [5, 5.41) is 0. The van der Waals surface area contributed by atoms with Crippen LogP contribution in [0.4, 0.5) is 0 Å². The van der Waals surface area contributed by atoms with Gasteiger partial charge in [-0.2, -0.15) is 0 Å². The number of hydrogen-bond donors (Lipinski definition) is 0. The summed E-state index contributed by atoms with van der Waals surface area (Å²) >= 11 is 0. The molecule has 0 amide bonds. The van der Waals surface area contributed by atoms with Crippen LogP contribution in [0.1, 0.15) is 53.9 Å². The van der Waals surface area contributed by atoms with E-state index in [-0.39, 0.29) is 11.9 Å². The number of ether oxygens (including phenoxy) is 1. The third kappa shape index (κ3) is 2.99. The molecule has 1 aliphatic carbocycles. The van der Waals surface area contributed by atoms with Crippen LogP contribution in [0.15, 0.2) is 0 Å². The molecule has 1 rings (SSSR count). The van der Waals surface area contributed by atoms with E-state index >= 15 is 0 Å². The first-order valence-corrected chi connectivity index (χ1v) is 6.52. The second kappa shape index (κ2) is 5.20. The van der Waals surface area contributed by atoms with E-state index in [0.717, 1.165) is 12.3 Å². The fourth-order valence-corrected chi connectivity index (χ4v) is 2.58. The molecule has 2 atom stereocenters. The summed E-state index contributed by atoms with van der Waals surface area (Å²) < 4.78 is 5.26. The minimum absolute atomic E-state index is 0.00416. The van der Waals surface area contributed by atoms with Crippen molar-refractivity contribution in [1.29, 1.82) is 0 Å². The second-order valence-corrected chi connectivity index (χ2v) is 6.11. The van der Waals surface area contributed by atoms with Crippen molar-refractivity contribution in [2.45, 2.75) is 53.9 Å². The molecule has 0 aromatic heterocycles. The highest BCUT2D eigenvalue weighted by atomic mass is 16.5. The van der Waals surface area contributed by atoms with Gasteiger partial charge in [-0.05, 0) is 36.5 Å². The van der Waals surface area contributed by atoms with E-state index in [0.29, 0.717) is 17.9 Å². The number of esters is 1. The normalized spacial score (nSPS) is 28.4. The molecule has 2 nitrogen and oxygen atoms in total. The standard InChI is InChI=1S/C14H26O2/c1-10(2)13(15)16-9-8-12-7-6-11(3)14(12,4)5/h10-12H,6-9H2,1-5H3. The first kappa shape index (κ1) is 13.5. The van der Waals surface area contributed by atoms with Gasteiger partial charge >= 0.3 is 5.97 Å². The Morgan fingerprint density at radius 3 is 2.44 bits per heavy atom. The SMILES string of the molecule is CC(C)C(=O)OCCC1CCC(C)C1(C)C. The minimum atomic E-state index is -0.0659. The smallest absolute Gasteiger partial charge is 0.308 e. The van der Waals surface area contributed by atoms with Gasteiger partial charge in [-0.15, -0.1) is 0 Å². The largest absolute Gasteiger partial charge is 0.465 e. The fourth-order valence-electron chi connectivity index (χ4n) is 2.58. The second-order valence-electron chi connectivity index (χ2n) is 6.11. The van der Waals surface area contributed by atoms with Crippen LogP contribution in [0.5, 0.6) is 0 Å². The molecule has 1 aliphatic rings. The van der Waals surface area contributed by atoms with Gasteiger partial charge in [-0.1, -0.05) is 34.6 Å². The van der Waals surface area contributed by atoms with Crippen LogP contribution < -0.4 is 0 Å². The summed E-state index contributed by atoms with van der Waals surface area (Å²) in [4.78, 5) is 11.3. The molecule has 0 aromatic rings. The Hall–Kier alpha value is -0.530. The third-order valence-corrected chi connectivity index (χ3v) is 4.45. The van der Waals surface area contributed by atoms with E-state index in [9.17, 15) is 4.79 Å². The average Bonchev–Trinajstić information content (AvgIpc) is 2.44. The van der Waals surface area contributed by atoms with Crippen LogP contribution in [0.25, 0.3) is 0 Å². The van der Waals surface area contributed by atoms with Crippen molar-refractivity contribution in [2.75, 3.05) is 6.61 Å². The van der Waals surface area contributed by atoms with Crippen molar-refractivity contribution >= 4 is 5.97 Å². The van der Waals surface area contributed by atoms with Gasteiger partial charge in [0.25, 0.3) is 0 Å². The van der Waals surface area contributed by atoms with Crippen molar-refractivity contribution in [3.05, 3.63) is 0 Å². The monoisotopic (exact) mass is 226 g/mol. The van der Waals surface area contributed by atoms with Gasteiger partial charge in [-0.25, -0.2) is 0 Å². The Balaban J connectivity index is 2.31. The lowest BCUT2D eigenvalue weighted by atomic mass is 9.75. The van der Waals surface area contributed by atoms with E-state index < -0.39 is 0 Å². The molecule has 0 spiro atoms. The number of rotatable bonds is 4. The molecule has 0 aliphatic heterocycles. The van der Waals surface area contributed by atoms with Gasteiger partial charge < -0.3 is 4.74 Å². The Morgan fingerprint density at radius 2 is 2.00 bits per heavy atom. The zero-order valence-electron chi connectivity index (χ0n) is 11.4. The molecule has 0 aromatic carbocycles. The van der Waals surface area contributed by atoms with Crippen molar-refractivity contribution in [2.24, 2.45) is 23.2 Å². The molecule has 0 saturated heterocycles. The van der Waals surface area contributed by atoms with Crippen molar-refractivity contribution in [3.8, 4) is 0 Å². The fraction of sp³-hybridized carbons (Fsp3) is 0.929. The van der Waals surface area contributed by atoms with Gasteiger partial charge in [0.1, 0.15) is 0 Å². The molecule has 16 heavy (non-hydrogen) atoms. The van der Waals surface area contributed by atoms with E-state index in [4.69, 9.17) is 4.74 Å². The lowest BCUT2D eigenvalue weighted by molar-refractivity contribution is -0.147. The van der Waals surface area contributed by atoms with Gasteiger partial charge in [-0.3, -0.25) is 4.79 Å². The maximum absolute atomic E-state index is 11.3. The molecule has 2 heteroatoms. The molecule has 1 saturated carbocycles. The topological polar surface area (TPSA) is 26.3 Å². The predicted molar refractivity (Wildman–Crippen MR) is 66.1 cm³/mol. The van der Waals surface area contributed by atoms with Crippen LogP contribution in [-0.4, -0.2) is 12.6 Å². The lowest BCUT2D eigenvalue weighted by Gasteiger charge is -2.31. The Morgan fingerprint density at radius 1 is 1.38 bits per heavy atom. The number of carbonyl (C=O) groups excluding carboxylic acids is 1. The van der Waals surface area contributed by atoms with Crippen LogP contribution in [0.2, 0.25) is 0 Å². The molecule has 0 heterocycles. The summed E-state index contributed by atoms with van der Waals surface area (Å²) in [6.07, 6.45) is 3.62. The Kier molecular flexibility index (Phi) is 4.40. The van der Waals surface area contributed by atoms with Crippen molar-refractivity contribution < 1.29 is 9.53 Å². The average molecular weight is 226 g/mol. The van der Waals surface area contributed by atoms with E-state index in [1.165, 1.54) is 12.8 Å². The van der Waals surface area contributed by atoms with Crippen LogP contribution in [-0.2, 0) is 9.53 Å². The van der Waals surface area contributed by atoms with Crippen LogP contribution in [0.3, 0.4) is 0 Å².